The molecule has 11 heavy (non-hydrogen) atoms. The number of hydrogen-bond donors (Lipinski definition) is 2. The van der Waals surface area contributed by atoms with Crippen LogP contribution in [0.3, 0.4) is 0 Å². The molecule has 0 spiro atoms. The van der Waals surface area contributed by atoms with Crippen LogP contribution in [0.1, 0.15) is 6.42 Å². The summed E-state index contributed by atoms with van der Waals surface area (Å²) in [5, 5.41) is 11.5. The number of carbonyl (C=O) groups is 1. The molecule has 0 radical (unpaired) electrons. The van der Waals surface area contributed by atoms with E-state index in [0.29, 0.717) is 13.2 Å². The third kappa shape index (κ3) is 3.55. The average Bonchev–Trinajstić information content (AvgIpc) is 2.12. The maximum absolute atomic E-state index is 10.3. The van der Waals surface area contributed by atoms with Crippen LogP contribution in [-0.4, -0.2) is 36.9 Å². The van der Waals surface area contributed by atoms with E-state index in [9.17, 15) is 4.79 Å². The van der Waals surface area contributed by atoms with Gasteiger partial charge in [-0.1, -0.05) is 0 Å². The molecule has 0 unspecified atom stereocenters. The van der Waals surface area contributed by atoms with Crippen LogP contribution in [0.2, 0.25) is 0 Å². The van der Waals surface area contributed by atoms with Gasteiger partial charge in [0.2, 0.25) is 0 Å². The molecule has 0 aromatic heterocycles. The minimum absolute atomic E-state index is 0. The van der Waals surface area contributed by atoms with Gasteiger partial charge >= 0.3 is 5.97 Å². The standard InChI is InChI=1S/C6H11NO3.ClH/c8-6(9)5-4-7-2-1-3-10-5;/h5,7H,1-4H2,(H,8,9);1H/t5-;/m0./s1. The lowest BCUT2D eigenvalue weighted by atomic mass is 10.3. The summed E-state index contributed by atoms with van der Waals surface area (Å²) in [6, 6.07) is 0. The number of carboxylic acid groups (broad SMARTS) is 1. The summed E-state index contributed by atoms with van der Waals surface area (Å²) >= 11 is 0. The number of rotatable bonds is 1. The van der Waals surface area contributed by atoms with Gasteiger partial charge in [0.05, 0.1) is 0 Å². The number of hydrogen-bond acceptors (Lipinski definition) is 3. The molecule has 0 aliphatic carbocycles. The van der Waals surface area contributed by atoms with Crippen molar-refractivity contribution < 1.29 is 14.6 Å². The molecule has 1 saturated heterocycles. The van der Waals surface area contributed by atoms with E-state index in [0.717, 1.165) is 13.0 Å². The molecule has 66 valence electrons. The summed E-state index contributed by atoms with van der Waals surface area (Å²) < 4.78 is 5.00. The van der Waals surface area contributed by atoms with Crippen LogP contribution in [0.5, 0.6) is 0 Å². The Morgan fingerprint density at radius 3 is 3.00 bits per heavy atom. The Labute approximate surface area is 71.3 Å². The van der Waals surface area contributed by atoms with E-state index in [4.69, 9.17) is 9.84 Å². The molecule has 4 nitrogen and oxygen atoms in total. The van der Waals surface area contributed by atoms with Crippen LogP contribution in [0.15, 0.2) is 0 Å². The molecule has 1 heterocycles. The van der Waals surface area contributed by atoms with Gasteiger partial charge in [-0.25, -0.2) is 4.79 Å². The number of aliphatic carboxylic acids is 1. The van der Waals surface area contributed by atoms with Gasteiger partial charge in [0.1, 0.15) is 0 Å². The zero-order valence-electron chi connectivity index (χ0n) is 6.08. The Hall–Kier alpha value is -0.320. The first kappa shape index (κ1) is 10.7. The quantitative estimate of drug-likeness (QED) is 0.592. The van der Waals surface area contributed by atoms with Gasteiger partial charge < -0.3 is 15.2 Å². The number of nitrogens with one attached hydrogen (secondary N) is 1. The molecule has 2 N–H and O–H groups in total. The van der Waals surface area contributed by atoms with E-state index < -0.39 is 12.1 Å². The molecule has 0 amide bonds. The minimum Gasteiger partial charge on any atom is -0.479 e. The van der Waals surface area contributed by atoms with Crippen molar-refractivity contribution in [1.82, 2.24) is 5.32 Å². The van der Waals surface area contributed by atoms with Crippen LogP contribution in [0.25, 0.3) is 0 Å². The van der Waals surface area contributed by atoms with Crippen LogP contribution in [0.4, 0.5) is 0 Å². The molecular weight excluding hydrogens is 170 g/mol. The summed E-state index contributed by atoms with van der Waals surface area (Å²) in [5.74, 6) is -0.880. The van der Waals surface area contributed by atoms with E-state index in [1.807, 2.05) is 0 Å². The smallest absolute Gasteiger partial charge is 0.334 e. The third-order valence-corrected chi connectivity index (χ3v) is 1.42. The van der Waals surface area contributed by atoms with E-state index in [2.05, 4.69) is 5.32 Å². The predicted octanol–water partition coefficient (Wildman–Crippen LogP) is -0.129. The molecule has 1 aliphatic rings. The van der Waals surface area contributed by atoms with Crippen LogP contribution in [0, 0.1) is 0 Å². The molecule has 1 atom stereocenters. The lowest BCUT2D eigenvalue weighted by molar-refractivity contribution is -0.149. The third-order valence-electron chi connectivity index (χ3n) is 1.42. The van der Waals surface area contributed by atoms with Crippen molar-refractivity contribution in [2.45, 2.75) is 12.5 Å². The highest BCUT2D eigenvalue weighted by molar-refractivity contribution is 5.85. The zero-order valence-corrected chi connectivity index (χ0v) is 6.89. The van der Waals surface area contributed by atoms with Gasteiger partial charge in [0.25, 0.3) is 0 Å². The van der Waals surface area contributed by atoms with Gasteiger partial charge in [-0.2, -0.15) is 0 Å². The Kier molecular flexibility index (Phi) is 5.19. The lowest BCUT2D eigenvalue weighted by Crippen LogP contribution is -2.32. The Balaban J connectivity index is 0.000001000. The van der Waals surface area contributed by atoms with Gasteiger partial charge in [-0.15, -0.1) is 12.4 Å². The number of carboxylic acids is 1. The van der Waals surface area contributed by atoms with Gasteiger partial charge in [0.15, 0.2) is 6.10 Å². The van der Waals surface area contributed by atoms with E-state index in [1.165, 1.54) is 0 Å². The van der Waals surface area contributed by atoms with Crippen molar-refractivity contribution in [3.05, 3.63) is 0 Å². The van der Waals surface area contributed by atoms with E-state index in [1.54, 1.807) is 0 Å². The summed E-state index contributed by atoms with van der Waals surface area (Å²) in [5.41, 5.74) is 0. The van der Waals surface area contributed by atoms with Crippen molar-refractivity contribution in [2.75, 3.05) is 19.7 Å². The van der Waals surface area contributed by atoms with Crippen molar-refractivity contribution >= 4 is 18.4 Å². The molecule has 1 rings (SSSR count). The second-order valence-electron chi connectivity index (χ2n) is 2.26. The molecular formula is C6H12ClNO3. The Morgan fingerprint density at radius 1 is 1.64 bits per heavy atom. The lowest BCUT2D eigenvalue weighted by Gasteiger charge is -2.07. The molecule has 1 aliphatic heterocycles. The summed E-state index contributed by atoms with van der Waals surface area (Å²) in [7, 11) is 0. The van der Waals surface area contributed by atoms with Gasteiger partial charge in [0, 0.05) is 13.2 Å². The monoisotopic (exact) mass is 181 g/mol. The summed E-state index contributed by atoms with van der Waals surface area (Å²) in [6.07, 6.45) is 0.242. The topological polar surface area (TPSA) is 58.6 Å². The van der Waals surface area contributed by atoms with Crippen molar-refractivity contribution in [1.29, 1.82) is 0 Å². The fourth-order valence-corrected chi connectivity index (χ4v) is 0.873. The highest BCUT2D eigenvalue weighted by Crippen LogP contribution is 1.96. The van der Waals surface area contributed by atoms with E-state index in [-0.39, 0.29) is 12.4 Å². The highest BCUT2D eigenvalue weighted by atomic mass is 35.5. The van der Waals surface area contributed by atoms with Crippen molar-refractivity contribution in [2.24, 2.45) is 0 Å². The molecule has 1 fully saturated rings. The highest BCUT2D eigenvalue weighted by Gasteiger charge is 2.18. The summed E-state index contributed by atoms with van der Waals surface area (Å²) in [4.78, 5) is 10.3. The first-order valence-electron chi connectivity index (χ1n) is 3.36. The Bertz CT molecular complexity index is 123. The van der Waals surface area contributed by atoms with Crippen molar-refractivity contribution in [3.8, 4) is 0 Å². The first-order chi connectivity index (χ1) is 4.80. The van der Waals surface area contributed by atoms with Crippen LogP contribution < -0.4 is 5.32 Å². The predicted molar refractivity (Wildman–Crippen MR) is 42.1 cm³/mol. The van der Waals surface area contributed by atoms with Gasteiger partial charge in [-0.3, -0.25) is 0 Å². The molecule has 0 aromatic rings. The van der Waals surface area contributed by atoms with Crippen LogP contribution in [-0.2, 0) is 9.53 Å². The second kappa shape index (κ2) is 5.35. The van der Waals surface area contributed by atoms with Crippen LogP contribution >= 0.6 is 12.4 Å². The summed E-state index contributed by atoms with van der Waals surface area (Å²) in [6.45, 7) is 1.82. The molecule has 5 heteroatoms. The normalized spacial score (nSPS) is 24.9. The molecule has 0 aromatic carbocycles. The number of ether oxygens (including phenoxy) is 1. The SMILES string of the molecule is Cl.O=C(O)[C@@H]1CNCCCO1. The van der Waals surface area contributed by atoms with Crippen molar-refractivity contribution in [3.63, 3.8) is 0 Å². The minimum atomic E-state index is -0.880. The molecule has 0 bridgehead atoms. The largest absolute Gasteiger partial charge is 0.479 e. The first-order valence-corrected chi connectivity index (χ1v) is 3.36. The Morgan fingerprint density at radius 2 is 2.36 bits per heavy atom. The zero-order chi connectivity index (χ0) is 7.40. The fourth-order valence-electron chi connectivity index (χ4n) is 0.873. The second-order valence-corrected chi connectivity index (χ2v) is 2.26. The maximum Gasteiger partial charge on any atom is 0.334 e. The number of halogens is 1. The molecule has 0 saturated carbocycles. The fraction of sp³-hybridized carbons (Fsp3) is 0.833. The van der Waals surface area contributed by atoms with Gasteiger partial charge in [-0.05, 0) is 13.0 Å². The van der Waals surface area contributed by atoms with E-state index >= 15 is 0 Å². The maximum atomic E-state index is 10.3. The average molecular weight is 182 g/mol.